The van der Waals surface area contributed by atoms with E-state index in [2.05, 4.69) is 17.0 Å². The first-order chi connectivity index (χ1) is 9.72. The molecule has 0 saturated carbocycles. The fourth-order valence-electron chi connectivity index (χ4n) is 3.96. The highest BCUT2D eigenvalue weighted by atomic mass is 32.1. The lowest BCUT2D eigenvalue weighted by molar-refractivity contribution is -0.145. The molecule has 4 nitrogen and oxygen atoms in total. The van der Waals surface area contributed by atoms with Crippen LogP contribution in [0.3, 0.4) is 0 Å². The maximum absolute atomic E-state index is 11.6. The van der Waals surface area contributed by atoms with Gasteiger partial charge in [0.1, 0.15) is 0 Å². The Morgan fingerprint density at radius 1 is 1.55 bits per heavy atom. The summed E-state index contributed by atoms with van der Waals surface area (Å²) in [6.07, 6.45) is 3.38. The summed E-state index contributed by atoms with van der Waals surface area (Å²) in [7, 11) is 0. The Labute approximate surface area is 122 Å². The minimum atomic E-state index is -0.666. The van der Waals surface area contributed by atoms with Gasteiger partial charge < -0.3 is 5.11 Å². The van der Waals surface area contributed by atoms with Crippen LogP contribution < -0.4 is 0 Å². The van der Waals surface area contributed by atoms with Crippen LogP contribution in [0, 0.1) is 17.2 Å². The standard InChI is InChI=1S/C15H18N2O2S/c16-6-2-7-17-10-4-5-12(17)14(11(9-10)15(18)19)13-3-1-8-20-13/h1,3,8,10-12,14H,2,4-5,7,9H2,(H,18,19)/t10-,11-,12+,14-/m0/s1. The zero-order valence-electron chi connectivity index (χ0n) is 11.2. The number of carbonyl (C=O) groups is 1. The molecular formula is C15H18N2O2S. The largest absolute Gasteiger partial charge is 0.481 e. The summed E-state index contributed by atoms with van der Waals surface area (Å²) in [5.74, 6) is -0.852. The molecule has 2 fully saturated rings. The Hall–Kier alpha value is -1.38. The summed E-state index contributed by atoms with van der Waals surface area (Å²) in [5.41, 5.74) is 0. The highest BCUT2D eigenvalue weighted by Gasteiger charge is 2.50. The van der Waals surface area contributed by atoms with Crippen molar-refractivity contribution in [1.82, 2.24) is 4.90 Å². The quantitative estimate of drug-likeness (QED) is 0.926. The molecule has 0 aliphatic carbocycles. The molecule has 0 radical (unpaired) electrons. The summed E-state index contributed by atoms with van der Waals surface area (Å²) < 4.78 is 0. The maximum Gasteiger partial charge on any atom is 0.307 e. The number of piperidine rings is 1. The van der Waals surface area contributed by atoms with Gasteiger partial charge in [0, 0.05) is 35.8 Å². The number of hydrogen-bond acceptors (Lipinski definition) is 4. The van der Waals surface area contributed by atoms with Crippen molar-refractivity contribution in [3.8, 4) is 6.07 Å². The van der Waals surface area contributed by atoms with Gasteiger partial charge in [0.15, 0.2) is 0 Å². The monoisotopic (exact) mass is 290 g/mol. The zero-order chi connectivity index (χ0) is 14.1. The second kappa shape index (κ2) is 5.55. The SMILES string of the molecule is N#CCCN1[C@H]2CC[C@@H]1[C@@H](c1cccs1)[C@@H](C(=O)O)C2. The Bertz CT molecular complexity index is 522. The summed E-state index contributed by atoms with van der Waals surface area (Å²) in [5, 5.41) is 20.4. The molecule has 2 aliphatic rings. The van der Waals surface area contributed by atoms with Crippen LogP contribution in [0.5, 0.6) is 0 Å². The van der Waals surface area contributed by atoms with Gasteiger partial charge in [0.2, 0.25) is 0 Å². The van der Waals surface area contributed by atoms with Gasteiger partial charge in [-0.15, -0.1) is 11.3 Å². The number of carboxylic acids is 1. The maximum atomic E-state index is 11.6. The van der Waals surface area contributed by atoms with Gasteiger partial charge in [-0.25, -0.2) is 0 Å². The second-order valence-corrected chi connectivity index (χ2v) is 6.65. The van der Waals surface area contributed by atoms with Gasteiger partial charge >= 0.3 is 5.97 Å². The number of hydrogen-bond donors (Lipinski definition) is 1. The van der Waals surface area contributed by atoms with Crippen molar-refractivity contribution in [1.29, 1.82) is 5.26 Å². The van der Waals surface area contributed by atoms with E-state index in [1.54, 1.807) is 11.3 Å². The van der Waals surface area contributed by atoms with Crippen molar-refractivity contribution >= 4 is 17.3 Å². The molecule has 3 heterocycles. The van der Waals surface area contributed by atoms with Crippen molar-refractivity contribution in [2.45, 2.75) is 43.7 Å². The average Bonchev–Trinajstić information content (AvgIpc) is 3.04. The predicted molar refractivity (Wildman–Crippen MR) is 76.5 cm³/mol. The smallest absolute Gasteiger partial charge is 0.307 e. The first kappa shape index (κ1) is 13.6. The molecule has 2 aliphatic heterocycles. The summed E-state index contributed by atoms with van der Waals surface area (Å²) in [6, 6.07) is 6.92. The molecule has 1 aromatic heterocycles. The lowest BCUT2D eigenvalue weighted by atomic mass is 9.79. The molecule has 0 aromatic carbocycles. The molecule has 2 saturated heterocycles. The molecule has 0 spiro atoms. The van der Waals surface area contributed by atoms with E-state index in [0.29, 0.717) is 18.5 Å². The van der Waals surface area contributed by atoms with Crippen LogP contribution in [0.4, 0.5) is 0 Å². The number of aliphatic carboxylic acids is 1. The van der Waals surface area contributed by atoms with Crippen molar-refractivity contribution in [3.05, 3.63) is 22.4 Å². The molecule has 3 rings (SSSR count). The van der Waals surface area contributed by atoms with Crippen molar-refractivity contribution in [3.63, 3.8) is 0 Å². The normalized spacial score (nSPS) is 33.0. The second-order valence-electron chi connectivity index (χ2n) is 5.67. The topological polar surface area (TPSA) is 64.3 Å². The van der Waals surface area contributed by atoms with Crippen molar-refractivity contribution in [2.24, 2.45) is 5.92 Å². The van der Waals surface area contributed by atoms with E-state index in [-0.39, 0.29) is 11.8 Å². The van der Waals surface area contributed by atoms with Crippen molar-refractivity contribution in [2.75, 3.05) is 6.54 Å². The minimum absolute atomic E-state index is 0.0879. The van der Waals surface area contributed by atoms with Gasteiger partial charge in [0.25, 0.3) is 0 Å². The Balaban J connectivity index is 1.90. The molecule has 106 valence electrons. The van der Waals surface area contributed by atoms with Crippen LogP contribution in [-0.4, -0.2) is 34.6 Å². The van der Waals surface area contributed by atoms with Crippen LogP contribution in [0.25, 0.3) is 0 Å². The molecule has 2 bridgehead atoms. The van der Waals surface area contributed by atoms with E-state index >= 15 is 0 Å². The van der Waals surface area contributed by atoms with E-state index in [9.17, 15) is 9.90 Å². The summed E-state index contributed by atoms with van der Waals surface area (Å²) in [4.78, 5) is 15.2. The molecule has 20 heavy (non-hydrogen) atoms. The Morgan fingerprint density at radius 2 is 2.40 bits per heavy atom. The Morgan fingerprint density at radius 3 is 3.05 bits per heavy atom. The molecule has 1 aromatic rings. The number of fused-ring (bicyclic) bond motifs is 2. The lowest BCUT2D eigenvalue weighted by Crippen LogP contribution is -2.49. The highest BCUT2D eigenvalue weighted by Crippen LogP contribution is 2.48. The number of nitriles is 1. The average molecular weight is 290 g/mol. The van der Waals surface area contributed by atoms with Crippen LogP contribution in [0.15, 0.2) is 17.5 Å². The van der Waals surface area contributed by atoms with Gasteiger partial charge in [-0.2, -0.15) is 5.26 Å². The molecule has 4 atom stereocenters. The number of thiophene rings is 1. The zero-order valence-corrected chi connectivity index (χ0v) is 12.1. The lowest BCUT2D eigenvalue weighted by Gasteiger charge is -2.42. The van der Waals surface area contributed by atoms with E-state index < -0.39 is 5.97 Å². The van der Waals surface area contributed by atoms with Gasteiger partial charge in [0.05, 0.1) is 12.0 Å². The van der Waals surface area contributed by atoms with Crippen LogP contribution in [0.1, 0.15) is 36.5 Å². The van der Waals surface area contributed by atoms with Crippen LogP contribution >= 0.6 is 11.3 Å². The van der Waals surface area contributed by atoms with E-state index in [0.717, 1.165) is 25.8 Å². The predicted octanol–water partition coefficient (Wildman–Crippen LogP) is 2.68. The number of carboxylic acid groups (broad SMARTS) is 1. The molecule has 0 amide bonds. The van der Waals surface area contributed by atoms with Gasteiger partial charge in [-0.3, -0.25) is 9.69 Å². The first-order valence-electron chi connectivity index (χ1n) is 7.11. The summed E-state index contributed by atoms with van der Waals surface area (Å²) >= 11 is 1.66. The first-order valence-corrected chi connectivity index (χ1v) is 7.99. The molecule has 5 heteroatoms. The number of nitrogens with zero attached hydrogens (tertiary/aromatic N) is 2. The fourth-order valence-corrected chi connectivity index (χ4v) is 4.91. The summed E-state index contributed by atoms with van der Waals surface area (Å²) in [6.45, 7) is 0.778. The third-order valence-corrected chi connectivity index (χ3v) is 5.71. The molecular weight excluding hydrogens is 272 g/mol. The van der Waals surface area contributed by atoms with Gasteiger partial charge in [-0.1, -0.05) is 6.07 Å². The third kappa shape index (κ3) is 2.23. The van der Waals surface area contributed by atoms with Crippen LogP contribution in [-0.2, 0) is 4.79 Å². The molecule has 1 N–H and O–H groups in total. The minimum Gasteiger partial charge on any atom is -0.481 e. The van der Waals surface area contributed by atoms with E-state index in [1.807, 2.05) is 11.4 Å². The third-order valence-electron chi connectivity index (χ3n) is 4.74. The molecule has 0 unspecified atom stereocenters. The number of rotatable bonds is 4. The highest BCUT2D eigenvalue weighted by molar-refractivity contribution is 7.10. The Kier molecular flexibility index (Phi) is 3.77. The van der Waals surface area contributed by atoms with E-state index in [1.165, 1.54) is 4.88 Å². The van der Waals surface area contributed by atoms with E-state index in [4.69, 9.17) is 5.26 Å². The van der Waals surface area contributed by atoms with Crippen molar-refractivity contribution < 1.29 is 9.90 Å². The van der Waals surface area contributed by atoms with Crippen LogP contribution in [0.2, 0.25) is 0 Å². The fraction of sp³-hybridized carbons (Fsp3) is 0.600. The van der Waals surface area contributed by atoms with Gasteiger partial charge in [-0.05, 0) is 30.7 Å².